The molecule has 0 fully saturated rings. The second-order valence-corrected chi connectivity index (χ2v) is 8.97. The number of hydrogen-bond acceptors (Lipinski definition) is 5. The first-order valence-corrected chi connectivity index (χ1v) is 11.8. The topological polar surface area (TPSA) is 68.1 Å². The van der Waals surface area contributed by atoms with Gasteiger partial charge in [-0.15, -0.1) is 0 Å². The highest BCUT2D eigenvalue weighted by molar-refractivity contribution is 7.99. The van der Waals surface area contributed by atoms with Crippen molar-refractivity contribution in [3.63, 3.8) is 0 Å². The van der Waals surface area contributed by atoms with Crippen LogP contribution in [0.3, 0.4) is 0 Å². The van der Waals surface area contributed by atoms with E-state index < -0.39 is 0 Å². The molecule has 1 aliphatic rings. The fourth-order valence-electron chi connectivity index (χ4n) is 4.08. The number of imide groups is 1. The van der Waals surface area contributed by atoms with Crippen molar-refractivity contribution in [1.82, 2.24) is 19.4 Å². The van der Waals surface area contributed by atoms with Crippen molar-refractivity contribution in [3.8, 4) is 22.5 Å². The van der Waals surface area contributed by atoms with Crippen LogP contribution in [0, 0.1) is 5.82 Å². The third-order valence-corrected chi connectivity index (χ3v) is 6.88. The van der Waals surface area contributed by atoms with E-state index in [-0.39, 0.29) is 17.6 Å². The minimum absolute atomic E-state index is 0.235. The molecule has 0 aliphatic carbocycles. The summed E-state index contributed by atoms with van der Waals surface area (Å²) >= 11 is 1.56. The smallest absolute Gasteiger partial charge is 0.261 e. The fourth-order valence-corrected chi connectivity index (χ4v) is 4.98. The van der Waals surface area contributed by atoms with E-state index in [9.17, 15) is 14.0 Å². The lowest BCUT2D eigenvalue weighted by Crippen LogP contribution is -2.31. The lowest BCUT2D eigenvalue weighted by atomic mass is 10.1. The molecule has 0 atom stereocenters. The predicted molar refractivity (Wildman–Crippen MR) is 129 cm³/mol. The minimum Gasteiger partial charge on any atom is -0.322 e. The van der Waals surface area contributed by atoms with Crippen LogP contribution in [0.5, 0.6) is 0 Å². The van der Waals surface area contributed by atoms with Crippen LogP contribution in [-0.2, 0) is 7.05 Å². The summed E-state index contributed by atoms with van der Waals surface area (Å²) in [6, 6.07) is 17.0. The molecule has 6 nitrogen and oxygen atoms in total. The minimum atomic E-state index is -0.298. The van der Waals surface area contributed by atoms with Crippen LogP contribution in [0.1, 0.15) is 27.1 Å². The van der Waals surface area contributed by atoms with Gasteiger partial charge in [0.2, 0.25) is 0 Å². The van der Waals surface area contributed by atoms with Crippen molar-refractivity contribution < 1.29 is 14.0 Å². The number of fused-ring (bicyclic) bond motifs is 1. The molecular weight excluding hydrogens is 451 g/mol. The second kappa shape index (κ2) is 9.23. The monoisotopic (exact) mass is 472 g/mol. The Morgan fingerprint density at radius 2 is 1.53 bits per heavy atom. The molecule has 0 saturated heterocycles. The van der Waals surface area contributed by atoms with Gasteiger partial charge in [0.1, 0.15) is 5.82 Å². The molecule has 0 bridgehead atoms. The van der Waals surface area contributed by atoms with Crippen molar-refractivity contribution >= 4 is 23.6 Å². The molecule has 0 radical (unpaired) electrons. The lowest BCUT2D eigenvalue weighted by molar-refractivity contribution is 0.0655. The number of halogens is 1. The van der Waals surface area contributed by atoms with Gasteiger partial charge in [-0.2, -0.15) is 0 Å². The number of benzene rings is 2. The summed E-state index contributed by atoms with van der Waals surface area (Å²) in [4.78, 5) is 35.4. The Bertz CT molecular complexity index is 1330. The zero-order valence-electron chi connectivity index (χ0n) is 18.4. The third kappa shape index (κ3) is 4.01. The highest BCUT2D eigenvalue weighted by Gasteiger charge is 2.34. The second-order valence-electron chi connectivity index (χ2n) is 7.90. The number of thioether (sulfide) groups is 1. The van der Waals surface area contributed by atoms with Gasteiger partial charge in [0.25, 0.3) is 11.8 Å². The average Bonchev–Trinajstić information content (AvgIpc) is 3.32. The number of hydrogen-bond donors (Lipinski definition) is 0. The Morgan fingerprint density at radius 3 is 2.18 bits per heavy atom. The Kier molecular flexibility index (Phi) is 5.98. The Labute approximate surface area is 200 Å². The van der Waals surface area contributed by atoms with Gasteiger partial charge in [-0.3, -0.25) is 19.5 Å². The molecule has 0 saturated carbocycles. The van der Waals surface area contributed by atoms with E-state index in [1.807, 2.05) is 23.7 Å². The molecule has 170 valence electrons. The number of amides is 2. The van der Waals surface area contributed by atoms with Crippen LogP contribution in [0.2, 0.25) is 0 Å². The van der Waals surface area contributed by atoms with Crippen LogP contribution in [-0.4, -0.2) is 43.5 Å². The Balaban J connectivity index is 1.33. The van der Waals surface area contributed by atoms with E-state index in [2.05, 4.69) is 4.98 Å². The maximum Gasteiger partial charge on any atom is 0.261 e. The molecule has 2 aromatic carbocycles. The van der Waals surface area contributed by atoms with Crippen molar-refractivity contribution in [2.75, 3.05) is 12.3 Å². The van der Waals surface area contributed by atoms with Gasteiger partial charge in [-0.05, 0) is 55.0 Å². The molecule has 3 heterocycles. The summed E-state index contributed by atoms with van der Waals surface area (Å²) in [5.41, 5.74) is 4.39. The highest BCUT2D eigenvalue weighted by Crippen LogP contribution is 2.35. The number of carbonyl (C=O) groups is 2. The standard InChI is InChI=1S/C26H21FN4O2S/c1-30-23(18-11-13-28-14-12-18)22(17-7-9-19(27)10-8-17)29-26(30)34-16-4-15-31-24(32)20-5-2-3-6-21(20)25(31)33/h2-3,5-14H,4,15-16H2,1H3. The van der Waals surface area contributed by atoms with Gasteiger partial charge >= 0.3 is 0 Å². The van der Waals surface area contributed by atoms with Gasteiger partial charge < -0.3 is 4.57 Å². The Hall–Kier alpha value is -3.78. The summed E-state index contributed by atoms with van der Waals surface area (Å²) in [6.45, 7) is 0.353. The van der Waals surface area contributed by atoms with Crippen molar-refractivity contribution in [1.29, 1.82) is 0 Å². The lowest BCUT2D eigenvalue weighted by Gasteiger charge is -2.13. The maximum absolute atomic E-state index is 13.5. The van der Waals surface area contributed by atoms with E-state index >= 15 is 0 Å². The predicted octanol–water partition coefficient (Wildman–Crippen LogP) is 5.07. The normalized spacial score (nSPS) is 12.9. The summed E-state index contributed by atoms with van der Waals surface area (Å²) in [7, 11) is 1.95. The number of aromatic nitrogens is 3. The number of nitrogens with zero attached hydrogens (tertiary/aromatic N) is 4. The van der Waals surface area contributed by atoms with E-state index in [0.29, 0.717) is 29.8 Å². The van der Waals surface area contributed by atoms with Crippen LogP contribution >= 0.6 is 11.8 Å². The first kappa shape index (κ1) is 22.0. The van der Waals surface area contributed by atoms with Crippen molar-refractivity contribution in [3.05, 3.63) is 90.0 Å². The van der Waals surface area contributed by atoms with Crippen LogP contribution in [0.25, 0.3) is 22.5 Å². The van der Waals surface area contributed by atoms with Crippen LogP contribution < -0.4 is 0 Å². The van der Waals surface area contributed by atoms with Gasteiger partial charge in [0.05, 0.1) is 22.5 Å². The first-order valence-electron chi connectivity index (χ1n) is 10.9. The number of rotatable bonds is 7. The van der Waals surface area contributed by atoms with Gasteiger partial charge in [0.15, 0.2) is 5.16 Å². The Morgan fingerprint density at radius 1 is 0.882 bits per heavy atom. The summed E-state index contributed by atoms with van der Waals surface area (Å²) in [5, 5.41) is 0.800. The molecule has 34 heavy (non-hydrogen) atoms. The molecule has 4 aromatic rings. The first-order chi connectivity index (χ1) is 16.5. The average molecular weight is 473 g/mol. The zero-order valence-corrected chi connectivity index (χ0v) is 19.3. The van der Waals surface area contributed by atoms with Gasteiger partial charge in [-0.1, -0.05) is 23.9 Å². The zero-order chi connectivity index (χ0) is 23.7. The van der Waals surface area contributed by atoms with Gasteiger partial charge in [-0.25, -0.2) is 9.37 Å². The molecule has 0 unspecified atom stereocenters. The van der Waals surface area contributed by atoms with Crippen LogP contribution in [0.4, 0.5) is 4.39 Å². The molecule has 5 rings (SSSR count). The van der Waals surface area contributed by atoms with Crippen molar-refractivity contribution in [2.24, 2.45) is 7.05 Å². The van der Waals surface area contributed by atoms with Gasteiger partial charge in [0, 0.05) is 42.9 Å². The molecule has 2 amide bonds. The summed E-state index contributed by atoms with van der Waals surface area (Å²) < 4.78 is 15.5. The van der Waals surface area contributed by atoms with Crippen LogP contribution in [0.15, 0.2) is 78.2 Å². The van der Waals surface area contributed by atoms with E-state index in [1.165, 1.54) is 17.0 Å². The number of carbonyl (C=O) groups excluding carboxylic acids is 2. The van der Waals surface area contributed by atoms with Crippen molar-refractivity contribution in [2.45, 2.75) is 11.6 Å². The summed E-state index contributed by atoms with van der Waals surface area (Å²) in [6.07, 6.45) is 4.09. The maximum atomic E-state index is 13.5. The number of pyridine rings is 1. The SMILES string of the molecule is Cn1c(SCCCN2C(=O)c3ccccc3C2=O)nc(-c2ccc(F)cc2)c1-c1ccncc1. The fraction of sp³-hybridized carbons (Fsp3) is 0.154. The largest absolute Gasteiger partial charge is 0.322 e. The quantitative estimate of drug-likeness (QED) is 0.214. The van der Waals surface area contributed by atoms with E-state index in [0.717, 1.165) is 27.7 Å². The highest BCUT2D eigenvalue weighted by atomic mass is 32.2. The molecule has 2 aromatic heterocycles. The number of imidazole rings is 1. The van der Waals surface area contributed by atoms with E-state index in [4.69, 9.17) is 4.98 Å². The molecule has 8 heteroatoms. The molecule has 1 aliphatic heterocycles. The molecule has 0 spiro atoms. The third-order valence-electron chi connectivity index (χ3n) is 5.76. The summed E-state index contributed by atoms with van der Waals surface area (Å²) in [5.74, 6) is -0.0908. The molecule has 0 N–H and O–H groups in total. The molecular formula is C26H21FN4O2S. The van der Waals surface area contributed by atoms with E-state index in [1.54, 1.807) is 60.6 Å².